The Bertz CT molecular complexity index is 531. The number of hydrogen-bond donors (Lipinski definition) is 0. The predicted octanol–water partition coefficient (Wildman–Crippen LogP) is 3.08. The van der Waals surface area contributed by atoms with Gasteiger partial charge in [0.1, 0.15) is 0 Å². The van der Waals surface area contributed by atoms with Crippen LogP contribution in [0.25, 0.3) is 11.3 Å². The quantitative estimate of drug-likeness (QED) is 0.777. The zero-order valence-corrected chi connectivity index (χ0v) is 10.5. The first-order valence-electron chi connectivity index (χ1n) is 5.90. The van der Waals surface area contributed by atoms with Crippen molar-refractivity contribution in [3.63, 3.8) is 0 Å². The monoisotopic (exact) mass is 245 g/mol. The minimum Gasteiger partial charge on any atom is -0.464 e. The van der Waals surface area contributed by atoms with Gasteiger partial charge in [-0.2, -0.15) is 0 Å². The van der Waals surface area contributed by atoms with Crippen LogP contribution in [0, 0.1) is 0 Å². The number of rotatable bonds is 4. The topological polar surface area (TPSA) is 52.3 Å². The molecule has 2 aromatic rings. The first kappa shape index (κ1) is 12.4. The van der Waals surface area contributed by atoms with Crippen molar-refractivity contribution in [3.8, 4) is 11.3 Å². The van der Waals surface area contributed by atoms with Crippen molar-refractivity contribution >= 4 is 5.97 Å². The van der Waals surface area contributed by atoms with Gasteiger partial charge in [0.05, 0.1) is 7.11 Å². The van der Waals surface area contributed by atoms with E-state index in [0.29, 0.717) is 5.76 Å². The van der Waals surface area contributed by atoms with E-state index in [1.54, 1.807) is 0 Å². The summed E-state index contributed by atoms with van der Waals surface area (Å²) in [7, 11) is 1.34. The summed E-state index contributed by atoms with van der Waals surface area (Å²) in [6.45, 7) is 2.04. The number of benzene rings is 1. The number of carbonyl (C=O) groups excluding carboxylic acids is 1. The standard InChI is InChI=1S/C14H15NO3/c1-3-7-11-12(14(16)17-2)15-18-13(11)10-8-5-4-6-9-10/h4-6,8-9H,3,7H2,1-2H3. The molecule has 18 heavy (non-hydrogen) atoms. The Morgan fingerprint density at radius 1 is 1.33 bits per heavy atom. The summed E-state index contributed by atoms with van der Waals surface area (Å²) in [5.41, 5.74) is 2.01. The Kier molecular flexibility index (Phi) is 3.77. The summed E-state index contributed by atoms with van der Waals surface area (Å²) < 4.78 is 10.0. The Balaban J connectivity index is 2.48. The molecule has 2 rings (SSSR count). The molecule has 0 spiro atoms. The van der Waals surface area contributed by atoms with Gasteiger partial charge in [0, 0.05) is 11.1 Å². The van der Waals surface area contributed by atoms with Gasteiger partial charge in [-0.05, 0) is 6.42 Å². The fourth-order valence-electron chi connectivity index (χ4n) is 1.86. The van der Waals surface area contributed by atoms with Crippen molar-refractivity contribution in [2.45, 2.75) is 19.8 Å². The Morgan fingerprint density at radius 3 is 2.67 bits per heavy atom. The van der Waals surface area contributed by atoms with E-state index in [2.05, 4.69) is 5.16 Å². The molecule has 0 aliphatic heterocycles. The summed E-state index contributed by atoms with van der Waals surface area (Å²) in [5, 5.41) is 3.83. The van der Waals surface area contributed by atoms with Crippen LogP contribution in [0.4, 0.5) is 0 Å². The largest absolute Gasteiger partial charge is 0.464 e. The fraction of sp³-hybridized carbons (Fsp3) is 0.286. The van der Waals surface area contributed by atoms with Gasteiger partial charge in [0.25, 0.3) is 0 Å². The lowest BCUT2D eigenvalue weighted by Crippen LogP contribution is -2.05. The van der Waals surface area contributed by atoms with Crippen molar-refractivity contribution in [2.24, 2.45) is 0 Å². The zero-order chi connectivity index (χ0) is 13.0. The van der Waals surface area contributed by atoms with Crippen LogP contribution in [0.15, 0.2) is 34.9 Å². The molecule has 0 aliphatic carbocycles. The molecule has 0 N–H and O–H groups in total. The van der Waals surface area contributed by atoms with E-state index in [0.717, 1.165) is 24.0 Å². The van der Waals surface area contributed by atoms with Crippen LogP contribution in [-0.2, 0) is 11.2 Å². The molecule has 0 saturated carbocycles. The lowest BCUT2D eigenvalue weighted by atomic mass is 10.0. The summed E-state index contributed by atoms with van der Waals surface area (Å²) in [4.78, 5) is 11.6. The molecule has 0 radical (unpaired) electrons. The lowest BCUT2D eigenvalue weighted by Gasteiger charge is -2.01. The highest BCUT2D eigenvalue weighted by molar-refractivity contribution is 5.90. The van der Waals surface area contributed by atoms with Crippen molar-refractivity contribution < 1.29 is 14.1 Å². The minimum absolute atomic E-state index is 0.276. The SMILES string of the molecule is CCCc1c(C(=O)OC)noc1-c1ccccc1. The summed E-state index contributed by atoms with van der Waals surface area (Å²) in [5.74, 6) is 0.197. The zero-order valence-electron chi connectivity index (χ0n) is 10.5. The van der Waals surface area contributed by atoms with Crippen LogP contribution >= 0.6 is 0 Å². The second kappa shape index (κ2) is 5.49. The van der Waals surface area contributed by atoms with Crippen molar-refractivity contribution in [1.29, 1.82) is 0 Å². The van der Waals surface area contributed by atoms with E-state index in [9.17, 15) is 4.79 Å². The molecule has 0 fully saturated rings. The van der Waals surface area contributed by atoms with Crippen LogP contribution in [-0.4, -0.2) is 18.2 Å². The van der Waals surface area contributed by atoms with Gasteiger partial charge >= 0.3 is 5.97 Å². The molecule has 0 unspecified atom stereocenters. The maximum atomic E-state index is 11.6. The highest BCUT2D eigenvalue weighted by Gasteiger charge is 2.22. The second-order valence-corrected chi connectivity index (χ2v) is 3.95. The third kappa shape index (κ3) is 2.27. The minimum atomic E-state index is -0.454. The maximum Gasteiger partial charge on any atom is 0.360 e. The number of carbonyl (C=O) groups is 1. The van der Waals surface area contributed by atoms with E-state index < -0.39 is 5.97 Å². The molecule has 1 heterocycles. The highest BCUT2D eigenvalue weighted by Crippen LogP contribution is 2.27. The van der Waals surface area contributed by atoms with Gasteiger partial charge in [-0.15, -0.1) is 0 Å². The number of nitrogens with zero attached hydrogens (tertiary/aromatic N) is 1. The Morgan fingerprint density at radius 2 is 2.06 bits per heavy atom. The van der Waals surface area contributed by atoms with Crippen molar-refractivity contribution in [3.05, 3.63) is 41.6 Å². The number of ether oxygens (including phenoxy) is 1. The van der Waals surface area contributed by atoms with Crippen molar-refractivity contribution in [1.82, 2.24) is 5.16 Å². The third-order valence-electron chi connectivity index (χ3n) is 2.70. The van der Waals surface area contributed by atoms with Gasteiger partial charge in [-0.1, -0.05) is 48.8 Å². The highest BCUT2D eigenvalue weighted by atomic mass is 16.5. The second-order valence-electron chi connectivity index (χ2n) is 3.95. The van der Waals surface area contributed by atoms with E-state index in [1.165, 1.54) is 7.11 Å². The van der Waals surface area contributed by atoms with Crippen LogP contribution in [0.3, 0.4) is 0 Å². The molecule has 0 atom stereocenters. The first-order chi connectivity index (χ1) is 8.77. The number of methoxy groups -OCH3 is 1. The first-order valence-corrected chi connectivity index (χ1v) is 5.90. The average Bonchev–Trinajstić information content (AvgIpc) is 2.83. The molecule has 1 aromatic heterocycles. The molecule has 4 heteroatoms. The maximum absolute atomic E-state index is 11.6. The molecular weight excluding hydrogens is 230 g/mol. The van der Waals surface area contributed by atoms with Gasteiger partial charge < -0.3 is 9.26 Å². The average molecular weight is 245 g/mol. The number of hydrogen-bond acceptors (Lipinski definition) is 4. The smallest absolute Gasteiger partial charge is 0.360 e. The Labute approximate surface area is 106 Å². The Hall–Kier alpha value is -2.10. The molecular formula is C14H15NO3. The van der Waals surface area contributed by atoms with E-state index in [-0.39, 0.29) is 5.69 Å². The lowest BCUT2D eigenvalue weighted by molar-refractivity contribution is 0.0588. The van der Waals surface area contributed by atoms with E-state index in [4.69, 9.17) is 9.26 Å². The van der Waals surface area contributed by atoms with E-state index >= 15 is 0 Å². The van der Waals surface area contributed by atoms with E-state index in [1.807, 2.05) is 37.3 Å². The third-order valence-corrected chi connectivity index (χ3v) is 2.70. The fourth-order valence-corrected chi connectivity index (χ4v) is 1.86. The summed E-state index contributed by atoms with van der Waals surface area (Å²) in [6, 6.07) is 9.64. The van der Waals surface area contributed by atoms with Gasteiger partial charge in [-0.3, -0.25) is 0 Å². The molecule has 94 valence electrons. The van der Waals surface area contributed by atoms with Crippen LogP contribution < -0.4 is 0 Å². The van der Waals surface area contributed by atoms with Crippen LogP contribution in [0.2, 0.25) is 0 Å². The normalized spacial score (nSPS) is 10.3. The summed E-state index contributed by atoms with van der Waals surface area (Å²) >= 11 is 0. The number of aromatic nitrogens is 1. The molecule has 0 amide bonds. The molecule has 1 aromatic carbocycles. The van der Waals surface area contributed by atoms with Crippen molar-refractivity contribution in [2.75, 3.05) is 7.11 Å². The van der Waals surface area contributed by atoms with Crippen LogP contribution in [0.5, 0.6) is 0 Å². The molecule has 0 bridgehead atoms. The van der Waals surface area contributed by atoms with Crippen LogP contribution in [0.1, 0.15) is 29.4 Å². The van der Waals surface area contributed by atoms with Gasteiger partial charge in [0.2, 0.25) is 0 Å². The molecule has 0 aliphatic rings. The molecule has 0 saturated heterocycles. The summed E-state index contributed by atoms with van der Waals surface area (Å²) in [6.07, 6.45) is 1.64. The molecule has 4 nitrogen and oxygen atoms in total. The van der Waals surface area contributed by atoms with Gasteiger partial charge in [-0.25, -0.2) is 4.79 Å². The number of esters is 1. The van der Waals surface area contributed by atoms with Gasteiger partial charge in [0.15, 0.2) is 11.5 Å². The predicted molar refractivity (Wildman–Crippen MR) is 67.3 cm³/mol.